The Bertz CT molecular complexity index is 1060. The molecular formula is C24H25N3O4. The van der Waals surface area contributed by atoms with Gasteiger partial charge in [-0.2, -0.15) is 0 Å². The first kappa shape index (κ1) is 21.8. The van der Waals surface area contributed by atoms with Gasteiger partial charge in [0.1, 0.15) is 5.76 Å². The van der Waals surface area contributed by atoms with Gasteiger partial charge in [0.25, 0.3) is 0 Å². The Kier molecular flexibility index (Phi) is 7.22. The van der Waals surface area contributed by atoms with Crippen LogP contribution < -0.4 is 16.0 Å². The van der Waals surface area contributed by atoms with Crippen molar-refractivity contribution in [2.75, 3.05) is 10.6 Å². The second-order valence-electron chi connectivity index (χ2n) is 7.23. The fourth-order valence-electron chi connectivity index (χ4n) is 2.90. The molecule has 0 unspecified atom stereocenters. The van der Waals surface area contributed by atoms with E-state index >= 15 is 0 Å². The topological polar surface area (TPSA) is 100 Å². The fourth-order valence-corrected chi connectivity index (χ4v) is 2.90. The number of rotatable bonds is 8. The molecule has 0 spiro atoms. The van der Waals surface area contributed by atoms with Crippen LogP contribution in [0.2, 0.25) is 0 Å². The zero-order valence-electron chi connectivity index (χ0n) is 17.5. The van der Waals surface area contributed by atoms with Crippen molar-refractivity contribution in [1.82, 2.24) is 5.32 Å². The van der Waals surface area contributed by atoms with Crippen LogP contribution in [0, 0.1) is 13.8 Å². The lowest BCUT2D eigenvalue weighted by Gasteiger charge is -2.09. The lowest BCUT2D eigenvalue weighted by atomic mass is 10.0. The SMILES string of the molecule is Cc1ccc(C(=O)CCC(=O)Nc2ccc(NC(=O)NCc3ccco3)cc2)cc1C. The molecule has 3 rings (SSSR count). The van der Waals surface area contributed by atoms with Crippen molar-refractivity contribution in [2.24, 2.45) is 0 Å². The molecule has 0 atom stereocenters. The number of benzene rings is 2. The Morgan fingerprint density at radius 3 is 2.19 bits per heavy atom. The van der Waals surface area contributed by atoms with Gasteiger partial charge in [-0.25, -0.2) is 4.79 Å². The summed E-state index contributed by atoms with van der Waals surface area (Å²) < 4.78 is 5.15. The Labute approximate surface area is 180 Å². The summed E-state index contributed by atoms with van der Waals surface area (Å²) in [5.41, 5.74) is 3.97. The van der Waals surface area contributed by atoms with Crippen LogP contribution in [0.15, 0.2) is 65.3 Å². The van der Waals surface area contributed by atoms with Crippen molar-refractivity contribution >= 4 is 29.1 Å². The van der Waals surface area contributed by atoms with E-state index in [1.807, 2.05) is 26.0 Å². The van der Waals surface area contributed by atoms with Crippen molar-refractivity contribution in [1.29, 1.82) is 0 Å². The van der Waals surface area contributed by atoms with Crippen molar-refractivity contribution in [3.63, 3.8) is 0 Å². The van der Waals surface area contributed by atoms with Gasteiger partial charge in [-0.15, -0.1) is 0 Å². The average molecular weight is 419 g/mol. The molecule has 160 valence electrons. The summed E-state index contributed by atoms with van der Waals surface area (Å²) in [7, 11) is 0. The first-order valence-corrected chi connectivity index (χ1v) is 9.98. The minimum Gasteiger partial charge on any atom is -0.467 e. The molecule has 3 N–H and O–H groups in total. The molecular weight excluding hydrogens is 394 g/mol. The number of hydrogen-bond acceptors (Lipinski definition) is 4. The van der Waals surface area contributed by atoms with E-state index < -0.39 is 0 Å². The normalized spacial score (nSPS) is 10.4. The molecule has 7 nitrogen and oxygen atoms in total. The summed E-state index contributed by atoms with van der Waals surface area (Å²) in [6.07, 6.45) is 1.78. The molecule has 0 aliphatic rings. The number of hydrogen-bond donors (Lipinski definition) is 3. The molecule has 7 heteroatoms. The molecule has 0 bridgehead atoms. The monoisotopic (exact) mass is 419 g/mol. The molecule has 0 aliphatic carbocycles. The van der Waals surface area contributed by atoms with E-state index in [2.05, 4.69) is 16.0 Å². The predicted molar refractivity (Wildman–Crippen MR) is 119 cm³/mol. The number of anilines is 2. The smallest absolute Gasteiger partial charge is 0.319 e. The summed E-state index contributed by atoms with van der Waals surface area (Å²) in [5.74, 6) is 0.358. The van der Waals surface area contributed by atoms with Crippen molar-refractivity contribution < 1.29 is 18.8 Å². The van der Waals surface area contributed by atoms with Crippen LogP contribution in [0.5, 0.6) is 0 Å². The van der Waals surface area contributed by atoms with Crippen molar-refractivity contribution in [3.8, 4) is 0 Å². The molecule has 31 heavy (non-hydrogen) atoms. The maximum Gasteiger partial charge on any atom is 0.319 e. The maximum absolute atomic E-state index is 12.3. The molecule has 0 saturated heterocycles. The highest BCUT2D eigenvalue weighted by Gasteiger charge is 2.11. The number of aryl methyl sites for hydroxylation is 2. The van der Waals surface area contributed by atoms with Crippen LogP contribution in [0.1, 0.15) is 40.1 Å². The van der Waals surface area contributed by atoms with Crippen LogP contribution in [0.4, 0.5) is 16.2 Å². The molecule has 3 amide bonds. The van der Waals surface area contributed by atoms with Crippen LogP contribution in [0.3, 0.4) is 0 Å². The van der Waals surface area contributed by atoms with Gasteiger partial charge in [0, 0.05) is 29.8 Å². The minimum atomic E-state index is -0.363. The van der Waals surface area contributed by atoms with E-state index in [0.717, 1.165) is 11.1 Å². The zero-order valence-corrected chi connectivity index (χ0v) is 17.5. The number of Topliss-reactive ketones (excluding diaryl/α,β-unsaturated/α-hetero) is 1. The number of ketones is 1. The second kappa shape index (κ2) is 10.2. The molecule has 1 heterocycles. The Morgan fingerprint density at radius 1 is 0.839 bits per heavy atom. The minimum absolute atomic E-state index is 0.0571. The summed E-state index contributed by atoms with van der Waals surface area (Å²) in [6.45, 7) is 4.24. The molecule has 0 radical (unpaired) electrons. The van der Waals surface area contributed by atoms with Crippen molar-refractivity contribution in [2.45, 2.75) is 33.2 Å². The lowest BCUT2D eigenvalue weighted by Crippen LogP contribution is -2.27. The van der Waals surface area contributed by atoms with E-state index in [-0.39, 0.29) is 37.1 Å². The quantitative estimate of drug-likeness (QED) is 0.456. The lowest BCUT2D eigenvalue weighted by molar-refractivity contribution is -0.116. The summed E-state index contributed by atoms with van der Waals surface area (Å²) in [6, 6.07) is 15.5. The highest BCUT2D eigenvalue weighted by atomic mass is 16.3. The van der Waals surface area contributed by atoms with E-state index in [1.165, 1.54) is 0 Å². The van der Waals surface area contributed by atoms with Crippen LogP contribution in [-0.2, 0) is 11.3 Å². The van der Waals surface area contributed by atoms with Gasteiger partial charge in [-0.05, 0) is 67.4 Å². The molecule has 2 aromatic carbocycles. The van der Waals surface area contributed by atoms with E-state index in [9.17, 15) is 14.4 Å². The molecule has 0 fully saturated rings. The number of furan rings is 1. The highest BCUT2D eigenvalue weighted by molar-refractivity contribution is 6.00. The second-order valence-corrected chi connectivity index (χ2v) is 7.23. The van der Waals surface area contributed by atoms with E-state index in [1.54, 1.807) is 48.7 Å². The predicted octanol–water partition coefficient (Wildman–Crippen LogP) is 4.82. The highest BCUT2D eigenvalue weighted by Crippen LogP contribution is 2.15. The number of carbonyl (C=O) groups is 3. The third-order valence-corrected chi connectivity index (χ3v) is 4.84. The molecule has 1 aromatic heterocycles. The fraction of sp³-hybridized carbons (Fsp3) is 0.208. The van der Waals surface area contributed by atoms with Gasteiger partial charge < -0.3 is 20.4 Å². The standard InChI is InChI=1S/C24H25N3O4/c1-16-5-6-18(14-17(16)2)22(28)11-12-23(29)26-19-7-9-20(10-8-19)27-24(30)25-15-21-4-3-13-31-21/h3-10,13-14H,11-12,15H2,1-2H3,(H,26,29)(H2,25,27,30). The van der Waals surface area contributed by atoms with Gasteiger partial charge in [0.15, 0.2) is 5.78 Å². The Hall–Kier alpha value is -3.87. The Morgan fingerprint density at radius 2 is 1.55 bits per heavy atom. The largest absolute Gasteiger partial charge is 0.467 e. The van der Waals surface area contributed by atoms with Crippen molar-refractivity contribution in [3.05, 3.63) is 83.3 Å². The molecule has 0 aliphatic heterocycles. The van der Waals surface area contributed by atoms with Gasteiger partial charge in [0.2, 0.25) is 5.91 Å². The summed E-state index contributed by atoms with van der Waals surface area (Å²) >= 11 is 0. The third-order valence-electron chi connectivity index (χ3n) is 4.84. The first-order valence-electron chi connectivity index (χ1n) is 9.98. The molecule has 0 saturated carbocycles. The van der Waals surface area contributed by atoms with Crippen LogP contribution in [0.25, 0.3) is 0 Å². The van der Waals surface area contributed by atoms with Gasteiger partial charge in [-0.1, -0.05) is 12.1 Å². The zero-order chi connectivity index (χ0) is 22.2. The maximum atomic E-state index is 12.3. The summed E-state index contributed by atoms with van der Waals surface area (Å²) in [5, 5.41) is 8.15. The number of urea groups is 1. The van der Waals surface area contributed by atoms with Gasteiger partial charge in [0.05, 0.1) is 12.8 Å². The van der Waals surface area contributed by atoms with Gasteiger partial charge in [-0.3, -0.25) is 9.59 Å². The van der Waals surface area contributed by atoms with Crippen LogP contribution in [-0.4, -0.2) is 17.7 Å². The van der Waals surface area contributed by atoms with Crippen LogP contribution >= 0.6 is 0 Å². The third kappa shape index (κ3) is 6.57. The van der Waals surface area contributed by atoms with Gasteiger partial charge >= 0.3 is 6.03 Å². The number of carbonyl (C=O) groups excluding carboxylic acids is 3. The first-order chi connectivity index (χ1) is 14.9. The summed E-state index contributed by atoms with van der Waals surface area (Å²) in [4.78, 5) is 36.4. The van der Waals surface area contributed by atoms with E-state index in [4.69, 9.17) is 4.42 Å². The average Bonchev–Trinajstić information content (AvgIpc) is 3.28. The Balaban J connectivity index is 1.43. The van der Waals surface area contributed by atoms with E-state index in [0.29, 0.717) is 22.7 Å². The number of amides is 3. The number of nitrogens with one attached hydrogen (secondary N) is 3. The molecule has 3 aromatic rings.